The summed E-state index contributed by atoms with van der Waals surface area (Å²) in [6.07, 6.45) is 4.13. The van der Waals surface area contributed by atoms with Crippen molar-refractivity contribution in [1.29, 1.82) is 0 Å². The van der Waals surface area contributed by atoms with Crippen molar-refractivity contribution in [3.8, 4) is 5.75 Å². The molecule has 3 atom stereocenters. The first-order valence-corrected chi connectivity index (χ1v) is 7.33. The topological polar surface area (TPSA) is 9.23 Å². The fraction of sp³-hybridized carbons (Fsp3) is 0.625. The van der Waals surface area contributed by atoms with E-state index in [9.17, 15) is 0 Å². The molecule has 1 aromatic rings. The average Bonchev–Trinajstić information content (AvgIpc) is 2.95. The molecule has 0 amide bonds. The molecule has 98 valence electrons. The summed E-state index contributed by atoms with van der Waals surface area (Å²) in [5.41, 5.74) is 3.67. The highest BCUT2D eigenvalue weighted by Gasteiger charge is 2.47. The summed E-state index contributed by atoms with van der Waals surface area (Å²) in [5.74, 6) is 3.67. The Labute approximate surface area is 114 Å². The molecule has 2 aliphatic carbocycles. The second-order valence-corrected chi connectivity index (χ2v) is 6.55. The van der Waals surface area contributed by atoms with Gasteiger partial charge in [-0.15, -0.1) is 11.6 Å². The molecule has 2 aliphatic rings. The zero-order chi connectivity index (χ0) is 12.9. The number of benzene rings is 1. The summed E-state index contributed by atoms with van der Waals surface area (Å²) >= 11 is 6.70. The van der Waals surface area contributed by atoms with Crippen LogP contribution in [0.4, 0.5) is 0 Å². The predicted octanol–water partition coefficient (Wildman–Crippen LogP) is 4.64. The zero-order valence-electron chi connectivity index (χ0n) is 11.4. The highest BCUT2D eigenvalue weighted by Crippen LogP contribution is 2.58. The molecule has 0 aliphatic heterocycles. The van der Waals surface area contributed by atoms with E-state index in [2.05, 4.69) is 26.0 Å². The van der Waals surface area contributed by atoms with E-state index in [1.165, 1.54) is 36.0 Å². The van der Waals surface area contributed by atoms with Crippen molar-refractivity contribution in [1.82, 2.24) is 0 Å². The van der Waals surface area contributed by atoms with Crippen molar-refractivity contribution in [2.45, 2.75) is 38.5 Å². The minimum atomic E-state index is 0.182. The van der Waals surface area contributed by atoms with Crippen LogP contribution in [-0.2, 0) is 0 Å². The van der Waals surface area contributed by atoms with Crippen LogP contribution in [0.25, 0.3) is 0 Å². The molecule has 2 fully saturated rings. The van der Waals surface area contributed by atoms with Crippen molar-refractivity contribution < 1.29 is 4.74 Å². The van der Waals surface area contributed by atoms with Gasteiger partial charge in [-0.2, -0.15) is 0 Å². The number of hydrogen-bond donors (Lipinski definition) is 0. The monoisotopic (exact) mass is 264 g/mol. The van der Waals surface area contributed by atoms with E-state index in [1.54, 1.807) is 7.11 Å². The van der Waals surface area contributed by atoms with Gasteiger partial charge in [0.1, 0.15) is 5.75 Å². The summed E-state index contributed by atoms with van der Waals surface area (Å²) in [4.78, 5) is 0. The van der Waals surface area contributed by atoms with Gasteiger partial charge in [-0.1, -0.05) is 12.1 Å². The molecule has 0 heterocycles. The highest BCUT2D eigenvalue weighted by atomic mass is 35.5. The Morgan fingerprint density at radius 3 is 2.17 bits per heavy atom. The first-order valence-electron chi connectivity index (χ1n) is 6.89. The lowest BCUT2D eigenvalue weighted by molar-refractivity contribution is 0.407. The van der Waals surface area contributed by atoms with Crippen LogP contribution in [0.1, 0.15) is 41.3 Å². The van der Waals surface area contributed by atoms with Crippen molar-refractivity contribution in [3.63, 3.8) is 0 Å². The van der Waals surface area contributed by atoms with Gasteiger partial charge in [0.05, 0.1) is 12.5 Å². The number of halogens is 1. The van der Waals surface area contributed by atoms with Gasteiger partial charge < -0.3 is 4.74 Å². The lowest BCUT2D eigenvalue weighted by atomic mass is 9.92. The van der Waals surface area contributed by atoms with Crippen LogP contribution in [0, 0.1) is 31.6 Å². The fourth-order valence-electron chi connectivity index (χ4n) is 3.74. The van der Waals surface area contributed by atoms with Gasteiger partial charge >= 0.3 is 0 Å². The Hall–Kier alpha value is -0.690. The second-order valence-electron chi connectivity index (χ2n) is 6.08. The van der Waals surface area contributed by atoms with Crippen LogP contribution in [0.5, 0.6) is 5.75 Å². The smallest absolute Gasteiger partial charge is 0.124 e. The maximum absolute atomic E-state index is 6.70. The Morgan fingerprint density at radius 2 is 1.67 bits per heavy atom. The molecule has 0 aromatic heterocycles. The zero-order valence-corrected chi connectivity index (χ0v) is 12.1. The van der Waals surface area contributed by atoms with Crippen LogP contribution in [0.3, 0.4) is 0 Å². The molecule has 1 nitrogen and oxygen atoms in total. The van der Waals surface area contributed by atoms with Crippen LogP contribution in [0.2, 0.25) is 0 Å². The van der Waals surface area contributed by atoms with E-state index in [0.717, 1.165) is 17.6 Å². The molecule has 0 radical (unpaired) electrons. The molecule has 2 saturated carbocycles. The third-order valence-corrected chi connectivity index (χ3v) is 5.31. The first-order chi connectivity index (χ1) is 8.60. The molecule has 0 spiro atoms. The minimum absolute atomic E-state index is 0.182. The van der Waals surface area contributed by atoms with E-state index in [-0.39, 0.29) is 5.38 Å². The number of hydrogen-bond acceptors (Lipinski definition) is 1. The normalized spacial score (nSPS) is 31.0. The predicted molar refractivity (Wildman–Crippen MR) is 75.4 cm³/mol. The Kier molecular flexibility index (Phi) is 3.05. The molecule has 18 heavy (non-hydrogen) atoms. The van der Waals surface area contributed by atoms with E-state index in [1.807, 2.05) is 0 Å². The maximum atomic E-state index is 6.70. The summed E-state index contributed by atoms with van der Waals surface area (Å²) in [7, 11) is 1.73. The summed E-state index contributed by atoms with van der Waals surface area (Å²) < 4.78 is 5.42. The number of ether oxygens (including phenoxy) is 1. The molecule has 0 N–H and O–H groups in total. The Morgan fingerprint density at radius 1 is 1.11 bits per heavy atom. The Balaban J connectivity index is 1.83. The lowest BCUT2D eigenvalue weighted by Gasteiger charge is -2.21. The average molecular weight is 265 g/mol. The van der Waals surface area contributed by atoms with Crippen LogP contribution in [0.15, 0.2) is 12.1 Å². The highest BCUT2D eigenvalue weighted by molar-refractivity contribution is 6.21. The van der Waals surface area contributed by atoms with Crippen molar-refractivity contribution >= 4 is 11.6 Å². The second kappa shape index (κ2) is 4.45. The quantitative estimate of drug-likeness (QED) is 0.723. The third kappa shape index (κ3) is 2.03. The van der Waals surface area contributed by atoms with Crippen LogP contribution >= 0.6 is 11.6 Å². The SMILES string of the molecule is COc1c(C)cc(C(Cl)C2CC3CC3C2)cc1C. The van der Waals surface area contributed by atoms with E-state index < -0.39 is 0 Å². The number of fused-ring (bicyclic) bond motifs is 1. The molecule has 0 saturated heterocycles. The molecular formula is C16H21ClO. The molecule has 2 heteroatoms. The molecule has 3 rings (SSSR count). The summed E-state index contributed by atoms with van der Waals surface area (Å²) in [5, 5.41) is 0.182. The van der Waals surface area contributed by atoms with Gasteiger partial charge in [0, 0.05) is 0 Å². The molecule has 1 aromatic carbocycles. The molecule has 0 bridgehead atoms. The van der Waals surface area contributed by atoms with E-state index in [4.69, 9.17) is 16.3 Å². The standard InChI is InChI=1S/C16H21ClO/c1-9-4-13(5-10(2)16(9)18-3)15(17)14-7-11-6-12(11)8-14/h4-5,11-12,14-15H,6-8H2,1-3H3. The first kappa shape index (κ1) is 12.3. The van der Waals surface area contributed by atoms with Gasteiger partial charge in [-0.25, -0.2) is 0 Å². The number of aryl methyl sites for hydroxylation is 2. The third-order valence-electron chi connectivity index (χ3n) is 4.70. The van der Waals surface area contributed by atoms with Gasteiger partial charge in [0.2, 0.25) is 0 Å². The van der Waals surface area contributed by atoms with E-state index >= 15 is 0 Å². The minimum Gasteiger partial charge on any atom is -0.496 e. The van der Waals surface area contributed by atoms with E-state index in [0.29, 0.717) is 5.92 Å². The number of rotatable bonds is 3. The van der Waals surface area contributed by atoms with Crippen molar-refractivity contribution in [2.24, 2.45) is 17.8 Å². The molecular weight excluding hydrogens is 244 g/mol. The Bertz CT molecular complexity index is 435. The van der Waals surface area contributed by atoms with Crippen LogP contribution < -0.4 is 4.74 Å². The molecule has 3 unspecified atom stereocenters. The van der Waals surface area contributed by atoms with Crippen molar-refractivity contribution in [3.05, 3.63) is 28.8 Å². The maximum Gasteiger partial charge on any atom is 0.124 e. The summed E-state index contributed by atoms with van der Waals surface area (Å²) in [6.45, 7) is 4.20. The van der Waals surface area contributed by atoms with Gasteiger partial charge in [0.15, 0.2) is 0 Å². The lowest BCUT2D eigenvalue weighted by Crippen LogP contribution is -2.07. The van der Waals surface area contributed by atoms with Crippen LogP contribution in [-0.4, -0.2) is 7.11 Å². The summed E-state index contributed by atoms with van der Waals surface area (Å²) in [6, 6.07) is 4.40. The van der Waals surface area contributed by atoms with Gasteiger partial charge in [0.25, 0.3) is 0 Å². The van der Waals surface area contributed by atoms with Gasteiger partial charge in [-0.3, -0.25) is 0 Å². The fourth-order valence-corrected chi connectivity index (χ4v) is 4.07. The number of methoxy groups -OCH3 is 1. The van der Waals surface area contributed by atoms with Gasteiger partial charge in [-0.05, 0) is 67.6 Å². The largest absolute Gasteiger partial charge is 0.496 e. The number of alkyl halides is 1. The van der Waals surface area contributed by atoms with Crippen molar-refractivity contribution in [2.75, 3.05) is 7.11 Å².